The number of hydrogen-bond acceptors (Lipinski definition) is 4. The lowest BCUT2D eigenvalue weighted by Crippen LogP contribution is -2.47. The molecule has 7 nitrogen and oxygen atoms in total. The number of H-pyrrole nitrogens is 1. The summed E-state index contributed by atoms with van der Waals surface area (Å²) < 4.78 is 14.1. The SMILES string of the molecule is O=C(NCCNC(=O)C1(F)CCNC1)c1n[nH]c2ccccc12. The molecule has 1 aromatic carbocycles. The number of amides is 2. The fraction of sp³-hybridized carbons (Fsp3) is 0.400. The molecule has 0 radical (unpaired) electrons. The molecule has 0 spiro atoms. The number of hydrogen-bond donors (Lipinski definition) is 4. The number of nitrogens with zero attached hydrogens (tertiary/aromatic N) is 1. The quantitative estimate of drug-likeness (QED) is 0.588. The number of alkyl halides is 1. The molecule has 1 aromatic heterocycles. The summed E-state index contributed by atoms with van der Waals surface area (Å²) in [6, 6.07) is 7.30. The number of halogens is 1. The minimum Gasteiger partial charge on any atom is -0.352 e. The van der Waals surface area contributed by atoms with Gasteiger partial charge in [-0.2, -0.15) is 5.10 Å². The summed E-state index contributed by atoms with van der Waals surface area (Å²) >= 11 is 0. The Bertz CT molecular complexity index is 723. The first-order chi connectivity index (χ1) is 11.1. The fourth-order valence-electron chi connectivity index (χ4n) is 2.59. The molecule has 0 bridgehead atoms. The molecule has 0 saturated carbocycles. The van der Waals surface area contributed by atoms with Crippen molar-refractivity contribution in [3.8, 4) is 0 Å². The highest BCUT2D eigenvalue weighted by Gasteiger charge is 2.41. The van der Waals surface area contributed by atoms with Crippen LogP contribution in [0.5, 0.6) is 0 Å². The van der Waals surface area contributed by atoms with Gasteiger partial charge in [-0.15, -0.1) is 0 Å². The van der Waals surface area contributed by atoms with E-state index in [-0.39, 0.29) is 32.0 Å². The summed E-state index contributed by atoms with van der Waals surface area (Å²) in [5, 5.41) is 15.5. The number of rotatable bonds is 5. The van der Waals surface area contributed by atoms with Gasteiger partial charge < -0.3 is 16.0 Å². The topological polar surface area (TPSA) is 98.9 Å². The highest BCUT2D eigenvalue weighted by atomic mass is 19.1. The third-order valence-electron chi connectivity index (χ3n) is 3.89. The summed E-state index contributed by atoms with van der Waals surface area (Å²) in [6.45, 7) is 0.894. The van der Waals surface area contributed by atoms with Crippen molar-refractivity contribution in [2.24, 2.45) is 0 Å². The maximum absolute atomic E-state index is 14.1. The van der Waals surface area contributed by atoms with Crippen LogP contribution in [0.4, 0.5) is 4.39 Å². The Morgan fingerprint density at radius 2 is 2.04 bits per heavy atom. The second kappa shape index (κ2) is 6.33. The Hall–Kier alpha value is -2.48. The number of benzene rings is 1. The van der Waals surface area contributed by atoms with Crippen LogP contribution in [0.15, 0.2) is 24.3 Å². The Morgan fingerprint density at radius 3 is 2.83 bits per heavy atom. The predicted molar refractivity (Wildman–Crippen MR) is 82.8 cm³/mol. The van der Waals surface area contributed by atoms with Crippen molar-refractivity contribution in [1.29, 1.82) is 0 Å². The smallest absolute Gasteiger partial charge is 0.272 e. The third kappa shape index (κ3) is 3.16. The highest BCUT2D eigenvalue weighted by molar-refractivity contribution is 6.04. The molecule has 1 aliphatic heterocycles. The van der Waals surface area contributed by atoms with Crippen molar-refractivity contribution >= 4 is 22.7 Å². The first-order valence-corrected chi connectivity index (χ1v) is 7.49. The van der Waals surface area contributed by atoms with Gasteiger partial charge in [0.05, 0.1) is 5.52 Å². The molecule has 4 N–H and O–H groups in total. The van der Waals surface area contributed by atoms with Crippen LogP contribution in [-0.4, -0.2) is 53.9 Å². The number of fused-ring (bicyclic) bond motifs is 1. The number of carbonyl (C=O) groups excluding carboxylic acids is 2. The molecule has 2 aromatic rings. The molecule has 3 rings (SSSR count). The van der Waals surface area contributed by atoms with Crippen LogP contribution in [0.3, 0.4) is 0 Å². The van der Waals surface area contributed by atoms with Gasteiger partial charge >= 0.3 is 0 Å². The first kappa shape index (κ1) is 15.4. The molecule has 0 aliphatic carbocycles. The normalized spacial score (nSPS) is 20.6. The molecule has 2 amide bonds. The maximum Gasteiger partial charge on any atom is 0.272 e. The molecular weight excluding hydrogens is 301 g/mol. The number of para-hydroxylation sites is 1. The molecule has 2 heterocycles. The van der Waals surface area contributed by atoms with Gasteiger partial charge in [-0.05, 0) is 12.6 Å². The van der Waals surface area contributed by atoms with Crippen LogP contribution in [0.2, 0.25) is 0 Å². The van der Waals surface area contributed by atoms with E-state index in [1.54, 1.807) is 6.07 Å². The number of aromatic amines is 1. The van der Waals surface area contributed by atoms with E-state index < -0.39 is 11.6 Å². The zero-order valence-corrected chi connectivity index (χ0v) is 12.5. The number of aromatic nitrogens is 2. The van der Waals surface area contributed by atoms with E-state index in [1.807, 2.05) is 18.2 Å². The Labute approximate surface area is 132 Å². The minimum absolute atomic E-state index is 0.0322. The van der Waals surface area contributed by atoms with Gasteiger partial charge in [-0.1, -0.05) is 18.2 Å². The van der Waals surface area contributed by atoms with Crippen molar-refractivity contribution in [1.82, 2.24) is 26.1 Å². The molecule has 8 heteroatoms. The van der Waals surface area contributed by atoms with E-state index in [2.05, 4.69) is 26.1 Å². The van der Waals surface area contributed by atoms with Crippen molar-refractivity contribution in [3.63, 3.8) is 0 Å². The van der Waals surface area contributed by atoms with Crippen molar-refractivity contribution in [2.45, 2.75) is 12.1 Å². The van der Waals surface area contributed by atoms with Crippen LogP contribution in [0, 0.1) is 0 Å². The van der Waals surface area contributed by atoms with Gasteiger partial charge in [0.25, 0.3) is 11.8 Å². The van der Waals surface area contributed by atoms with Gasteiger partial charge in [0.1, 0.15) is 0 Å². The molecule has 1 atom stereocenters. The molecule has 1 aliphatic rings. The lowest BCUT2D eigenvalue weighted by atomic mass is 10.1. The second-order valence-electron chi connectivity index (χ2n) is 5.52. The zero-order valence-electron chi connectivity index (χ0n) is 12.5. The van der Waals surface area contributed by atoms with Crippen molar-refractivity contribution in [3.05, 3.63) is 30.0 Å². The van der Waals surface area contributed by atoms with E-state index in [9.17, 15) is 14.0 Å². The first-order valence-electron chi connectivity index (χ1n) is 7.49. The van der Waals surface area contributed by atoms with Crippen LogP contribution in [0.1, 0.15) is 16.9 Å². The Kier molecular flexibility index (Phi) is 4.24. The fourth-order valence-corrected chi connectivity index (χ4v) is 2.59. The summed E-state index contributed by atoms with van der Waals surface area (Å²) in [7, 11) is 0. The summed E-state index contributed by atoms with van der Waals surface area (Å²) in [6.07, 6.45) is 0.171. The number of nitrogens with one attached hydrogen (secondary N) is 4. The highest BCUT2D eigenvalue weighted by Crippen LogP contribution is 2.19. The second-order valence-corrected chi connectivity index (χ2v) is 5.52. The summed E-state index contributed by atoms with van der Waals surface area (Å²) in [5.41, 5.74) is -0.768. The lowest BCUT2D eigenvalue weighted by Gasteiger charge is -2.17. The van der Waals surface area contributed by atoms with Crippen LogP contribution >= 0.6 is 0 Å². The summed E-state index contributed by atoms with van der Waals surface area (Å²) in [4.78, 5) is 23.9. The average molecular weight is 319 g/mol. The van der Waals surface area contributed by atoms with Gasteiger partial charge in [0.15, 0.2) is 5.69 Å². The van der Waals surface area contributed by atoms with Gasteiger partial charge in [-0.25, -0.2) is 4.39 Å². The molecule has 23 heavy (non-hydrogen) atoms. The Morgan fingerprint density at radius 1 is 1.26 bits per heavy atom. The minimum atomic E-state index is -1.84. The van der Waals surface area contributed by atoms with Gasteiger partial charge in [0, 0.05) is 31.4 Å². The lowest BCUT2D eigenvalue weighted by molar-refractivity contribution is -0.131. The Balaban J connectivity index is 1.49. The van der Waals surface area contributed by atoms with Crippen molar-refractivity contribution in [2.75, 3.05) is 26.2 Å². The maximum atomic E-state index is 14.1. The van der Waals surface area contributed by atoms with E-state index in [0.717, 1.165) is 10.9 Å². The monoisotopic (exact) mass is 319 g/mol. The van der Waals surface area contributed by atoms with Crippen LogP contribution in [0.25, 0.3) is 10.9 Å². The predicted octanol–water partition coefficient (Wildman–Crippen LogP) is 0.111. The van der Waals surface area contributed by atoms with Crippen LogP contribution < -0.4 is 16.0 Å². The van der Waals surface area contributed by atoms with E-state index >= 15 is 0 Å². The van der Waals surface area contributed by atoms with E-state index in [1.165, 1.54) is 0 Å². The summed E-state index contributed by atoms with van der Waals surface area (Å²) in [5.74, 6) is -0.976. The molecule has 1 fully saturated rings. The number of carbonyl (C=O) groups is 2. The molecule has 1 saturated heterocycles. The largest absolute Gasteiger partial charge is 0.352 e. The zero-order chi connectivity index (χ0) is 16.3. The van der Waals surface area contributed by atoms with Crippen molar-refractivity contribution < 1.29 is 14.0 Å². The van der Waals surface area contributed by atoms with E-state index in [0.29, 0.717) is 12.2 Å². The van der Waals surface area contributed by atoms with E-state index in [4.69, 9.17) is 0 Å². The molecule has 1 unspecified atom stereocenters. The standard InChI is InChI=1S/C15H18FN5O2/c16-15(5-6-17-9-15)14(23)19-8-7-18-13(22)12-10-3-1-2-4-11(10)20-21-12/h1-4,17H,5-9H2,(H,18,22)(H,19,23)(H,20,21). The van der Waals surface area contributed by atoms with Gasteiger partial charge in [-0.3, -0.25) is 14.7 Å². The third-order valence-corrected chi connectivity index (χ3v) is 3.89. The van der Waals surface area contributed by atoms with Gasteiger partial charge in [0.2, 0.25) is 5.67 Å². The van der Waals surface area contributed by atoms with Crippen LogP contribution in [-0.2, 0) is 4.79 Å². The molecular formula is C15H18FN5O2. The average Bonchev–Trinajstić information content (AvgIpc) is 3.18. The molecule has 122 valence electrons.